The second-order valence-corrected chi connectivity index (χ2v) is 4.01. The summed E-state index contributed by atoms with van der Waals surface area (Å²) in [6, 6.07) is 2.96. The van der Waals surface area contributed by atoms with Crippen molar-refractivity contribution in [1.82, 2.24) is 0 Å². The van der Waals surface area contributed by atoms with Gasteiger partial charge in [0.15, 0.2) is 5.75 Å². The molecule has 5 nitrogen and oxygen atoms in total. The van der Waals surface area contributed by atoms with Crippen LogP contribution in [0.3, 0.4) is 0 Å². The van der Waals surface area contributed by atoms with E-state index in [1.807, 2.05) is 0 Å². The minimum atomic E-state index is -1.10. The monoisotopic (exact) mass is 243 g/mol. The molecule has 0 aromatic heterocycles. The summed E-state index contributed by atoms with van der Waals surface area (Å²) in [5.41, 5.74) is -1.42. The average molecular weight is 243 g/mol. The van der Waals surface area contributed by atoms with Crippen LogP contribution in [-0.4, -0.2) is 22.2 Å². The van der Waals surface area contributed by atoms with Crippen molar-refractivity contribution >= 4 is 5.69 Å². The molecule has 1 rings (SSSR count). The van der Waals surface area contributed by atoms with Crippen LogP contribution in [0.4, 0.5) is 10.1 Å². The van der Waals surface area contributed by atoms with E-state index >= 15 is 0 Å². The molecule has 17 heavy (non-hydrogen) atoms. The molecular weight excluding hydrogens is 229 g/mol. The van der Waals surface area contributed by atoms with Gasteiger partial charge in [-0.25, -0.2) is 4.39 Å². The summed E-state index contributed by atoms with van der Waals surface area (Å²) in [4.78, 5) is 10.0. The molecule has 0 spiro atoms. The quantitative estimate of drug-likeness (QED) is 0.636. The zero-order chi connectivity index (χ0) is 13.1. The lowest BCUT2D eigenvalue weighted by Gasteiger charge is -2.21. The zero-order valence-corrected chi connectivity index (χ0v) is 9.64. The van der Waals surface area contributed by atoms with Gasteiger partial charge in [0, 0.05) is 12.1 Å². The largest absolute Gasteiger partial charge is 0.484 e. The van der Waals surface area contributed by atoms with E-state index in [4.69, 9.17) is 4.74 Å². The molecule has 1 unspecified atom stereocenters. The van der Waals surface area contributed by atoms with Gasteiger partial charge in [-0.05, 0) is 19.4 Å². The summed E-state index contributed by atoms with van der Waals surface area (Å²) >= 11 is 0. The SMILES string of the molecule is CCC(C)(O)COc1cc(F)ccc1[N+](=O)[O-]. The summed E-state index contributed by atoms with van der Waals surface area (Å²) < 4.78 is 18.1. The molecule has 0 heterocycles. The van der Waals surface area contributed by atoms with Crippen molar-refractivity contribution in [2.75, 3.05) is 6.61 Å². The van der Waals surface area contributed by atoms with Gasteiger partial charge in [-0.2, -0.15) is 0 Å². The Morgan fingerprint density at radius 3 is 2.76 bits per heavy atom. The van der Waals surface area contributed by atoms with E-state index in [0.29, 0.717) is 6.42 Å². The molecule has 0 amide bonds. The van der Waals surface area contributed by atoms with Crippen molar-refractivity contribution in [3.05, 3.63) is 34.1 Å². The highest BCUT2D eigenvalue weighted by atomic mass is 19.1. The molecule has 6 heteroatoms. The van der Waals surface area contributed by atoms with Gasteiger partial charge in [0.2, 0.25) is 0 Å². The molecule has 0 aliphatic rings. The molecule has 0 saturated carbocycles. The highest BCUT2D eigenvalue weighted by Crippen LogP contribution is 2.28. The number of nitrogens with zero attached hydrogens (tertiary/aromatic N) is 1. The Balaban J connectivity index is 2.89. The summed E-state index contributed by atoms with van der Waals surface area (Å²) in [7, 11) is 0. The molecule has 1 aromatic rings. The highest BCUT2D eigenvalue weighted by Gasteiger charge is 2.22. The van der Waals surface area contributed by atoms with Crippen molar-refractivity contribution in [2.45, 2.75) is 25.9 Å². The Morgan fingerprint density at radius 1 is 1.59 bits per heavy atom. The van der Waals surface area contributed by atoms with Crippen LogP contribution in [0.25, 0.3) is 0 Å². The molecule has 0 saturated heterocycles. The Morgan fingerprint density at radius 2 is 2.24 bits per heavy atom. The Hall–Kier alpha value is -1.69. The number of hydrogen-bond donors (Lipinski definition) is 1. The van der Waals surface area contributed by atoms with Gasteiger partial charge < -0.3 is 9.84 Å². The fourth-order valence-corrected chi connectivity index (χ4v) is 1.09. The van der Waals surface area contributed by atoms with Gasteiger partial charge in [-0.3, -0.25) is 10.1 Å². The minimum Gasteiger partial charge on any atom is -0.484 e. The van der Waals surface area contributed by atoms with Crippen molar-refractivity contribution in [3.63, 3.8) is 0 Å². The third-order valence-electron chi connectivity index (χ3n) is 2.42. The lowest BCUT2D eigenvalue weighted by Crippen LogP contribution is -2.31. The minimum absolute atomic E-state index is 0.131. The lowest BCUT2D eigenvalue weighted by atomic mass is 10.1. The Kier molecular flexibility index (Phi) is 4.01. The third-order valence-corrected chi connectivity index (χ3v) is 2.42. The van der Waals surface area contributed by atoms with Gasteiger partial charge in [-0.1, -0.05) is 6.92 Å². The third kappa shape index (κ3) is 3.67. The number of nitro groups is 1. The van der Waals surface area contributed by atoms with Crippen molar-refractivity contribution < 1.29 is 19.2 Å². The molecular formula is C11H14FNO4. The molecule has 1 atom stereocenters. The Bertz CT molecular complexity index is 420. The second kappa shape index (κ2) is 5.09. The number of benzene rings is 1. The first-order chi connectivity index (χ1) is 7.85. The van der Waals surface area contributed by atoms with Crippen LogP contribution in [0, 0.1) is 15.9 Å². The predicted octanol–water partition coefficient (Wildman–Crippen LogP) is 2.27. The fourth-order valence-electron chi connectivity index (χ4n) is 1.09. The average Bonchev–Trinajstić information content (AvgIpc) is 2.26. The highest BCUT2D eigenvalue weighted by molar-refractivity contribution is 5.46. The van der Waals surface area contributed by atoms with E-state index in [1.165, 1.54) is 6.92 Å². The van der Waals surface area contributed by atoms with Crippen LogP contribution in [0.15, 0.2) is 18.2 Å². The molecule has 0 aliphatic carbocycles. The molecule has 0 aliphatic heterocycles. The van der Waals surface area contributed by atoms with Crippen molar-refractivity contribution in [3.8, 4) is 5.75 Å². The lowest BCUT2D eigenvalue weighted by molar-refractivity contribution is -0.386. The molecule has 0 bridgehead atoms. The van der Waals surface area contributed by atoms with Crippen LogP contribution in [0.1, 0.15) is 20.3 Å². The van der Waals surface area contributed by atoms with E-state index in [0.717, 1.165) is 18.2 Å². The van der Waals surface area contributed by atoms with Gasteiger partial charge >= 0.3 is 5.69 Å². The molecule has 1 aromatic carbocycles. The van der Waals surface area contributed by atoms with E-state index in [9.17, 15) is 19.6 Å². The van der Waals surface area contributed by atoms with Gasteiger partial charge in [0.1, 0.15) is 12.4 Å². The van der Waals surface area contributed by atoms with E-state index in [-0.39, 0.29) is 18.0 Å². The van der Waals surface area contributed by atoms with E-state index < -0.39 is 16.3 Å². The summed E-state index contributed by atoms with van der Waals surface area (Å²) in [6.45, 7) is 3.16. The number of rotatable bonds is 5. The Labute approximate surface area is 98.0 Å². The van der Waals surface area contributed by atoms with Crippen LogP contribution in [0.2, 0.25) is 0 Å². The molecule has 1 N–H and O–H groups in total. The second-order valence-electron chi connectivity index (χ2n) is 4.01. The predicted molar refractivity (Wildman–Crippen MR) is 59.5 cm³/mol. The normalized spacial score (nSPS) is 14.1. The van der Waals surface area contributed by atoms with Crippen LogP contribution in [0.5, 0.6) is 5.75 Å². The topological polar surface area (TPSA) is 72.6 Å². The summed E-state index contributed by atoms with van der Waals surface area (Å²) in [5.74, 6) is -0.800. The maximum atomic E-state index is 12.9. The maximum absolute atomic E-state index is 12.9. The number of ether oxygens (including phenoxy) is 1. The van der Waals surface area contributed by atoms with Crippen molar-refractivity contribution in [1.29, 1.82) is 0 Å². The summed E-state index contributed by atoms with van der Waals surface area (Å²) in [5, 5.41) is 20.4. The van der Waals surface area contributed by atoms with Crippen molar-refractivity contribution in [2.24, 2.45) is 0 Å². The fraction of sp³-hybridized carbons (Fsp3) is 0.455. The first kappa shape index (κ1) is 13.4. The smallest absolute Gasteiger partial charge is 0.311 e. The first-order valence-electron chi connectivity index (χ1n) is 5.15. The number of aliphatic hydroxyl groups is 1. The standard InChI is InChI=1S/C11H14FNO4/c1-3-11(2,14)7-17-10-6-8(12)4-5-9(10)13(15)16/h4-6,14H,3,7H2,1-2H3. The number of hydrogen-bond acceptors (Lipinski definition) is 4. The summed E-state index contributed by atoms with van der Waals surface area (Å²) in [6.07, 6.45) is 0.427. The van der Waals surface area contributed by atoms with Crippen LogP contribution in [-0.2, 0) is 0 Å². The van der Waals surface area contributed by atoms with Gasteiger partial charge in [0.05, 0.1) is 10.5 Å². The van der Waals surface area contributed by atoms with E-state index in [1.54, 1.807) is 6.92 Å². The maximum Gasteiger partial charge on any atom is 0.311 e. The number of halogens is 1. The molecule has 0 fully saturated rings. The first-order valence-corrected chi connectivity index (χ1v) is 5.15. The molecule has 0 radical (unpaired) electrons. The number of nitro benzene ring substituents is 1. The van der Waals surface area contributed by atoms with Gasteiger partial charge in [-0.15, -0.1) is 0 Å². The van der Waals surface area contributed by atoms with Crippen LogP contribution < -0.4 is 4.74 Å². The zero-order valence-electron chi connectivity index (χ0n) is 9.64. The van der Waals surface area contributed by atoms with Gasteiger partial charge in [0.25, 0.3) is 0 Å². The van der Waals surface area contributed by atoms with E-state index in [2.05, 4.69) is 0 Å². The molecule has 94 valence electrons. The van der Waals surface area contributed by atoms with Crippen LogP contribution >= 0.6 is 0 Å².